The predicted octanol–water partition coefficient (Wildman–Crippen LogP) is 7.19. The van der Waals surface area contributed by atoms with Crippen molar-refractivity contribution in [3.63, 3.8) is 0 Å². The van der Waals surface area contributed by atoms with E-state index in [9.17, 15) is 14.4 Å². The van der Waals surface area contributed by atoms with Gasteiger partial charge in [0.25, 0.3) is 0 Å². The maximum atomic E-state index is 13.8. The van der Waals surface area contributed by atoms with E-state index < -0.39 is 0 Å². The summed E-state index contributed by atoms with van der Waals surface area (Å²) in [6, 6.07) is 25.3. The molecule has 3 N–H and O–H groups in total. The van der Waals surface area contributed by atoms with Crippen molar-refractivity contribution in [3.05, 3.63) is 95.8 Å². The highest BCUT2D eigenvalue weighted by Gasteiger charge is 2.37. The summed E-state index contributed by atoms with van der Waals surface area (Å²) in [7, 11) is 0. The molecule has 6 aliphatic heterocycles. The van der Waals surface area contributed by atoms with Crippen molar-refractivity contribution in [2.75, 3.05) is 64.6 Å². The van der Waals surface area contributed by atoms with Gasteiger partial charge >= 0.3 is 6.03 Å². The molecule has 6 aliphatic rings. The van der Waals surface area contributed by atoms with Crippen LogP contribution in [0.25, 0.3) is 22.3 Å². The Morgan fingerprint density at radius 1 is 0.735 bits per heavy atom. The van der Waals surface area contributed by atoms with Gasteiger partial charge < -0.3 is 25.2 Å². The molecule has 5 fully saturated rings. The molecular weight excluding hydrogens is 855 g/mol. The van der Waals surface area contributed by atoms with Gasteiger partial charge in [-0.05, 0) is 155 Å². The second-order valence-electron chi connectivity index (χ2n) is 20.2. The summed E-state index contributed by atoms with van der Waals surface area (Å²) in [5.41, 5.74) is 13.1. The fourth-order valence-electron chi connectivity index (χ4n) is 12.1. The fourth-order valence-corrected chi connectivity index (χ4v) is 12.1. The number of amides is 4. The molecule has 15 nitrogen and oxygen atoms in total. The molecule has 15 heteroatoms. The van der Waals surface area contributed by atoms with Crippen molar-refractivity contribution in [3.8, 4) is 22.8 Å². The predicted molar refractivity (Wildman–Crippen MR) is 261 cm³/mol. The number of carbonyl (C=O) groups excluding carboxylic acids is 3. The van der Waals surface area contributed by atoms with E-state index in [1.165, 1.54) is 42.3 Å². The average molecular weight is 920 g/mol. The summed E-state index contributed by atoms with van der Waals surface area (Å²) in [4.78, 5) is 58.8. The van der Waals surface area contributed by atoms with Gasteiger partial charge in [-0.15, -0.1) is 0 Å². The normalized spacial score (nSPS) is 23.0. The molecule has 0 aliphatic carbocycles. The topological polar surface area (TPSA) is 158 Å². The first kappa shape index (κ1) is 44.6. The van der Waals surface area contributed by atoms with Crippen molar-refractivity contribution in [1.29, 1.82) is 0 Å². The van der Waals surface area contributed by atoms with Crippen LogP contribution in [-0.4, -0.2) is 133 Å². The molecule has 0 spiro atoms. The second kappa shape index (κ2) is 19.6. The number of likely N-dealkylation sites (tertiary alicyclic amines) is 4. The lowest BCUT2D eigenvalue weighted by Gasteiger charge is -2.43. The van der Waals surface area contributed by atoms with Gasteiger partial charge in [0.05, 0.1) is 17.5 Å². The second-order valence-corrected chi connectivity index (χ2v) is 20.2. The SMILES string of the molecule is Nc1ncnc2c1c(-c1ccc(Oc3ccccc3)cc1)nn2[C@@H]1CCCN(C2CCN(C(=O)N3CCC(CCN4CCC(c5ccc6c(c5)CN(C5CCC(=O)NC5=O)C6)CC4)CC3)CC2)C1. The molecule has 0 radical (unpaired) electrons. The van der Waals surface area contributed by atoms with Crippen LogP contribution in [0.15, 0.2) is 79.1 Å². The number of imide groups is 1. The number of aromatic nitrogens is 4. The number of rotatable bonds is 10. The number of ether oxygens (including phenoxy) is 1. The number of anilines is 1. The number of hydrogen-bond acceptors (Lipinski definition) is 11. The van der Waals surface area contributed by atoms with Crippen molar-refractivity contribution in [2.45, 2.75) is 108 Å². The Morgan fingerprint density at radius 2 is 1.47 bits per heavy atom. The third-order valence-corrected chi connectivity index (χ3v) is 16.1. The number of nitrogens with one attached hydrogen (secondary N) is 1. The monoisotopic (exact) mass is 920 g/mol. The molecule has 4 amide bonds. The van der Waals surface area contributed by atoms with Crippen molar-refractivity contribution >= 4 is 34.7 Å². The third kappa shape index (κ3) is 9.44. The lowest BCUT2D eigenvalue weighted by atomic mass is 9.87. The van der Waals surface area contributed by atoms with Crippen LogP contribution in [0.3, 0.4) is 0 Å². The Hall–Kier alpha value is -5.90. The first-order valence-electron chi connectivity index (χ1n) is 25.3. The molecule has 3 aromatic carbocycles. The van der Waals surface area contributed by atoms with Crippen LogP contribution in [0.5, 0.6) is 11.5 Å². The quantitative estimate of drug-likeness (QED) is 0.137. The number of urea groups is 1. The Kier molecular flexibility index (Phi) is 12.9. The van der Waals surface area contributed by atoms with Gasteiger partial charge in [-0.3, -0.25) is 24.7 Å². The first-order valence-corrected chi connectivity index (χ1v) is 25.3. The molecule has 68 heavy (non-hydrogen) atoms. The Bertz CT molecular complexity index is 2600. The van der Waals surface area contributed by atoms with Crippen LogP contribution in [0.1, 0.15) is 99.3 Å². The van der Waals surface area contributed by atoms with Crippen molar-refractivity contribution in [1.82, 2.24) is 49.6 Å². The number of para-hydroxylation sites is 1. The highest BCUT2D eigenvalue weighted by molar-refractivity contribution is 6.00. The van der Waals surface area contributed by atoms with E-state index in [0.29, 0.717) is 36.5 Å². The van der Waals surface area contributed by atoms with Crippen LogP contribution >= 0.6 is 0 Å². The molecule has 0 saturated carbocycles. The number of hydrogen-bond donors (Lipinski definition) is 2. The Balaban J connectivity index is 0.619. The number of fused-ring (bicyclic) bond motifs is 2. The highest BCUT2D eigenvalue weighted by Crippen LogP contribution is 2.37. The van der Waals surface area contributed by atoms with Gasteiger partial charge in [0.15, 0.2) is 5.65 Å². The molecule has 0 bridgehead atoms. The number of carbonyl (C=O) groups is 3. The highest BCUT2D eigenvalue weighted by atomic mass is 16.5. The summed E-state index contributed by atoms with van der Waals surface area (Å²) in [5.74, 6) is 2.91. The molecule has 5 aromatic rings. The first-order chi connectivity index (χ1) is 33.3. The molecule has 5 saturated heterocycles. The van der Waals surface area contributed by atoms with Crippen LogP contribution in [0, 0.1) is 5.92 Å². The number of benzene rings is 3. The maximum absolute atomic E-state index is 13.8. The van der Waals surface area contributed by atoms with E-state index in [0.717, 1.165) is 144 Å². The molecule has 2 aromatic heterocycles. The van der Waals surface area contributed by atoms with Gasteiger partial charge in [-0.2, -0.15) is 5.10 Å². The fraction of sp³-hybridized carbons (Fsp3) is 0.509. The zero-order chi connectivity index (χ0) is 46.1. The van der Waals surface area contributed by atoms with Gasteiger partial charge in [-0.25, -0.2) is 19.4 Å². The van der Waals surface area contributed by atoms with Crippen LogP contribution in [-0.2, 0) is 22.7 Å². The van der Waals surface area contributed by atoms with E-state index in [4.69, 9.17) is 20.6 Å². The molecule has 2 atom stereocenters. The van der Waals surface area contributed by atoms with Crippen LogP contribution in [0.4, 0.5) is 10.6 Å². The number of nitrogen functional groups attached to an aromatic ring is 1. The number of nitrogens with two attached hydrogens (primary N) is 1. The van der Waals surface area contributed by atoms with Crippen molar-refractivity contribution in [2.24, 2.45) is 5.92 Å². The lowest BCUT2D eigenvalue weighted by molar-refractivity contribution is -0.137. The molecule has 11 rings (SSSR count). The standard InChI is InChI=1S/C53H65N11O4/c54-50-48-49(38-10-12-45(13-11-38)68-44-6-2-1-3-7-44)58-64(51(48)56-35-55-50)43-5-4-23-62(34-43)42-21-29-61(30-22-42)53(67)60-27-17-36(18-28-60)16-24-59-25-19-37(20-26-59)39-8-9-40-32-63(33-41(40)31-39)46-14-15-47(65)57-52(46)66/h1-3,6-13,31,35-37,42-43,46H,4-5,14-30,32-34H2,(H2,54,55,56)(H,57,65,66)/t43-,46?/m1/s1. The van der Waals surface area contributed by atoms with E-state index >= 15 is 0 Å². The van der Waals surface area contributed by atoms with Gasteiger partial charge in [-0.1, -0.05) is 36.4 Å². The Labute approximate surface area is 399 Å². The van der Waals surface area contributed by atoms with E-state index in [2.05, 4.69) is 57.7 Å². The zero-order valence-electron chi connectivity index (χ0n) is 39.2. The average Bonchev–Trinajstić information content (AvgIpc) is 3.99. The van der Waals surface area contributed by atoms with Gasteiger partial charge in [0.2, 0.25) is 11.8 Å². The largest absolute Gasteiger partial charge is 0.457 e. The minimum Gasteiger partial charge on any atom is -0.457 e. The third-order valence-electron chi connectivity index (χ3n) is 16.1. The van der Waals surface area contributed by atoms with Crippen molar-refractivity contribution < 1.29 is 19.1 Å². The van der Waals surface area contributed by atoms with Crippen LogP contribution in [0.2, 0.25) is 0 Å². The van der Waals surface area contributed by atoms with Crippen LogP contribution < -0.4 is 15.8 Å². The van der Waals surface area contributed by atoms with Gasteiger partial charge in [0, 0.05) is 63.8 Å². The number of nitrogens with zero attached hydrogens (tertiary/aromatic N) is 9. The summed E-state index contributed by atoms with van der Waals surface area (Å²) >= 11 is 0. The summed E-state index contributed by atoms with van der Waals surface area (Å²) in [5, 5.41) is 8.50. The van der Waals surface area contributed by atoms with E-state index in [1.54, 1.807) is 0 Å². The lowest BCUT2D eigenvalue weighted by Crippen LogP contribution is -2.53. The molecule has 1 unspecified atom stereocenters. The summed E-state index contributed by atoms with van der Waals surface area (Å²) in [6.45, 7) is 10.2. The number of piperidine rings is 5. The van der Waals surface area contributed by atoms with Gasteiger partial charge in [0.1, 0.15) is 29.3 Å². The minimum absolute atomic E-state index is 0.148. The summed E-state index contributed by atoms with van der Waals surface area (Å²) in [6.07, 6.45) is 12.4. The minimum atomic E-state index is -0.215. The smallest absolute Gasteiger partial charge is 0.319 e. The van der Waals surface area contributed by atoms with E-state index in [-0.39, 0.29) is 29.9 Å². The summed E-state index contributed by atoms with van der Waals surface area (Å²) < 4.78 is 8.14. The molecular formula is C53H65N11O4. The zero-order valence-corrected chi connectivity index (χ0v) is 39.2. The molecule has 8 heterocycles. The Morgan fingerprint density at radius 3 is 2.24 bits per heavy atom. The van der Waals surface area contributed by atoms with E-state index in [1.807, 2.05) is 54.6 Å². The molecule has 356 valence electrons. The maximum Gasteiger partial charge on any atom is 0.319 e.